The molecule has 0 atom stereocenters. The lowest BCUT2D eigenvalue weighted by Gasteiger charge is -2.34. The van der Waals surface area contributed by atoms with Crippen LogP contribution >= 0.6 is 11.3 Å². The molecule has 5 rings (SSSR count). The minimum atomic E-state index is -0.112. The van der Waals surface area contributed by atoms with Crippen molar-refractivity contribution >= 4 is 27.5 Å². The maximum absolute atomic E-state index is 12.9. The minimum Gasteiger partial charge on any atom is -0.497 e. The summed E-state index contributed by atoms with van der Waals surface area (Å²) in [4.78, 5) is 38.4. The number of ether oxygens (including phenoxy) is 1. The van der Waals surface area contributed by atoms with E-state index in [1.165, 1.54) is 16.9 Å². The van der Waals surface area contributed by atoms with Crippen LogP contribution in [-0.2, 0) is 13.0 Å². The summed E-state index contributed by atoms with van der Waals surface area (Å²) in [6.45, 7) is 5.44. The number of methoxy groups -OCH3 is 1. The number of aromatic amines is 1. The summed E-state index contributed by atoms with van der Waals surface area (Å²) in [6, 6.07) is 17.6. The second kappa shape index (κ2) is 10.0. The van der Waals surface area contributed by atoms with E-state index in [4.69, 9.17) is 9.72 Å². The van der Waals surface area contributed by atoms with Gasteiger partial charge in [0.1, 0.15) is 16.3 Å². The number of aromatic nitrogens is 2. The maximum atomic E-state index is 12.9. The number of benzene rings is 2. The van der Waals surface area contributed by atoms with E-state index in [2.05, 4.69) is 16.8 Å². The molecule has 0 aliphatic carbocycles. The number of fused-ring (bicyclic) bond motifs is 1. The smallest absolute Gasteiger partial charge is 0.268 e. The van der Waals surface area contributed by atoms with Crippen molar-refractivity contribution in [3.8, 4) is 16.2 Å². The van der Waals surface area contributed by atoms with Crippen LogP contribution in [0.15, 0.2) is 59.4 Å². The zero-order valence-corrected chi connectivity index (χ0v) is 20.7. The number of thiophene rings is 1. The molecule has 0 unspecified atom stereocenters. The molecule has 0 radical (unpaired) electrons. The van der Waals surface area contributed by atoms with E-state index in [0.717, 1.165) is 41.3 Å². The Balaban J connectivity index is 1.25. The van der Waals surface area contributed by atoms with Crippen LogP contribution < -0.4 is 10.3 Å². The van der Waals surface area contributed by atoms with Gasteiger partial charge in [0, 0.05) is 36.6 Å². The molecule has 35 heavy (non-hydrogen) atoms. The summed E-state index contributed by atoms with van der Waals surface area (Å²) in [5, 5.41) is 0. The van der Waals surface area contributed by atoms with E-state index in [1.54, 1.807) is 7.11 Å². The summed E-state index contributed by atoms with van der Waals surface area (Å²) < 4.78 is 5.86. The highest BCUT2D eigenvalue weighted by Crippen LogP contribution is 2.31. The van der Waals surface area contributed by atoms with E-state index < -0.39 is 0 Å². The number of aryl methyl sites for hydroxylation is 1. The normalized spacial score (nSPS) is 14.4. The number of carbonyl (C=O) groups is 1. The molecule has 3 heterocycles. The number of nitrogens with zero attached hydrogens (tertiary/aromatic N) is 3. The Bertz CT molecular complexity index is 1380. The first kappa shape index (κ1) is 23.3. The number of rotatable bonds is 6. The molecule has 1 fully saturated rings. The fourth-order valence-corrected chi connectivity index (χ4v) is 5.34. The highest BCUT2D eigenvalue weighted by atomic mass is 32.1. The highest BCUT2D eigenvalue weighted by Gasteiger charge is 2.23. The largest absolute Gasteiger partial charge is 0.497 e. The van der Waals surface area contributed by atoms with Crippen LogP contribution in [0.5, 0.6) is 5.75 Å². The number of nitrogens with one attached hydrogen (secondary N) is 1. The van der Waals surface area contributed by atoms with E-state index >= 15 is 0 Å². The van der Waals surface area contributed by atoms with Crippen molar-refractivity contribution in [2.24, 2.45) is 0 Å². The first-order chi connectivity index (χ1) is 17.0. The Hall–Kier alpha value is -3.49. The summed E-state index contributed by atoms with van der Waals surface area (Å²) in [5.41, 5.74) is 3.59. The third-order valence-electron chi connectivity index (χ3n) is 6.45. The van der Waals surface area contributed by atoms with Crippen molar-refractivity contribution in [1.29, 1.82) is 0 Å². The van der Waals surface area contributed by atoms with Crippen molar-refractivity contribution in [1.82, 2.24) is 19.8 Å². The number of hydrogen-bond donors (Lipinski definition) is 1. The average molecular weight is 489 g/mol. The summed E-state index contributed by atoms with van der Waals surface area (Å²) >= 11 is 1.44. The summed E-state index contributed by atoms with van der Waals surface area (Å²) in [6.07, 6.45) is 0.962. The van der Waals surface area contributed by atoms with Gasteiger partial charge in [-0.05, 0) is 60.0 Å². The number of hydrogen-bond acceptors (Lipinski definition) is 6. The van der Waals surface area contributed by atoms with Crippen LogP contribution in [0, 0.1) is 0 Å². The predicted octanol–water partition coefficient (Wildman–Crippen LogP) is 4.18. The number of H-pyrrole nitrogens is 1. The Morgan fingerprint density at radius 3 is 2.43 bits per heavy atom. The van der Waals surface area contributed by atoms with Gasteiger partial charge in [0.05, 0.1) is 19.2 Å². The van der Waals surface area contributed by atoms with Gasteiger partial charge < -0.3 is 14.6 Å². The van der Waals surface area contributed by atoms with Gasteiger partial charge in [0.25, 0.3) is 11.5 Å². The fraction of sp³-hybridized carbons (Fsp3) is 0.296. The maximum Gasteiger partial charge on any atom is 0.268 e. The fourth-order valence-electron chi connectivity index (χ4n) is 4.35. The van der Waals surface area contributed by atoms with Crippen molar-refractivity contribution in [2.45, 2.75) is 19.9 Å². The Labute approximate surface area is 208 Å². The van der Waals surface area contributed by atoms with E-state index in [1.807, 2.05) is 59.5 Å². The van der Waals surface area contributed by atoms with Crippen LogP contribution in [0.4, 0.5) is 0 Å². The SMILES string of the molecule is CCc1ccc(C(=O)N2CCN(Cc3nc4cc(-c5ccc(OC)cc5)sc4c(=O)[nH]3)CC2)cc1. The van der Waals surface area contributed by atoms with Crippen LogP contribution in [0.1, 0.15) is 28.7 Å². The molecule has 1 amide bonds. The Morgan fingerprint density at radius 2 is 1.77 bits per heavy atom. The number of amides is 1. The third kappa shape index (κ3) is 4.99. The molecular formula is C27H28N4O3S. The topological polar surface area (TPSA) is 78.5 Å². The van der Waals surface area contributed by atoms with Gasteiger partial charge >= 0.3 is 0 Å². The first-order valence-electron chi connectivity index (χ1n) is 11.8. The molecule has 0 spiro atoms. The Morgan fingerprint density at radius 1 is 1.06 bits per heavy atom. The summed E-state index contributed by atoms with van der Waals surface area (Å²) in [7, 11) is 1.64. The van der Waals surface area contributed by atoms with Crippen molar-refractivity contribution in [3.63, 3.8) is 0 Å². The lowest BCUT2D eigenvalue weighted by atomic mass is 10.1. The number of carbonyl (C=O) groups excluding carboxylic acids is 1. The van der Waals surface area contributed by atoms with Gasteiger partial charge in [-0.3, -0.25) is 14.5 Å². The van der Waals surface area contributed by atoms with Gasteiger partial charge in [-0.1, -0.05) is 19.1 Å². The van der Waals surface area contributed by atoms with Gasteiger partial charge in [-0.25, -0.2) is 4.98 Å². The van der Waals surface area contributed by atoms with E-state index in [-0.39, 0.29) is 11.5 Å². The van der Waals surface area contributed by atoms with Crippen molar-refractivity contribution < 1.29 is 9.53 Å². The molecule has 1 N–H and O–H groups in total. The average Bonchev–Trinajstić information content (AvgIpc) is 3.34. The molecule has 1 aliphatic rings. The molecule has 8 heteroatoms. The van der Waals surface area contributed by atoms with Crippen molar-refractivity contribution in [3.05, 3.63) is 81.9 Å². The molecule has 4 aromatic rings. The van der Waals surface area contributed by atoms with E-state index in [9.17, 15) is 9.59 Å². The zero-order chi connectivity index (χ0) is 24.4. The van der Waals surface area contributed by atoms with Crippen LogP contribution in [-0.4, -0.2) is 59.0 Å². The lowest BCUT2D eigenvalue weighted by molar-refractivity contribution is 0.0625. The number of piperazine rings is 1. The van der Waals surface area contributed by atoms with Crippen LogP contribution in [0.3, 0.4) is 0 Å². The van der Waals surface area contributed by atoms with Gasteiger partial charge in [0.15, 0.2) is 0 Å². The third-order valence-corrected chi connectivity index (χ3v) is 7.62. The first-order valence-corrected chi connectivity index (χ1v) is 12.6. The Kier molecular flexibility index (Phi) is 6.66. The molecule has 7 nitrogen and oxygen atoms in total. The van der Waals surface area contributed by atoms with Crippen LogP contribution in [0.2, 0.25) is 0 Å². The van der Waals surface area contributed by atoms with E-state index in [0.29, 0.717) is 35.7 Å². The van der Waals surface area contributed by atoms with Gasteiger partial charge in [0.2, 0.25) is 0 Å². The van der Waals surface area contributed by atoms with Gasteiger partial charge in [-0.15, -0.1) is 11.3 Å². The zero-order valence-electron chi connectivity index (χ0n) is 19.9. The molecule has 0 bridgehead atoms. The highest BCUT2D eigenvalue weighted by molar-refractivity contribution is 7.22. The monoisotopic (exact) mass is 488 g/mol. The van der Waals surface area contributed by atoms with Crippen LogP contribution in [0.25, 0.3) is 20.7 Å². The second-order valence-electron chi connectivity index (χ2n) is 8.68. The molecule has 1 aliphatic heterocycles. The molecule has 0 saturated carbocycles. The summed E-state index contributed by atoms with van der Waals surface area (Å²) in [5.74, 6) is 1.52. The molecule has 2 aromatic carbocycles. The predicted molar refractivity (Wildman–Crippen MR) is 139 cm³/mol. The minimum absolute atomic E-state index is 0.0737. The second-order valence-corrected chi connectivity index (χ2v) is 9.74. The molecule has 180 valence electrons. The standard InChI is InChI=1S/C27H28N4O3S/c1-3-18-4-6-20(7-5-18)27(33)31-14-12-30(13-15-31)17-24-28-22-16-23(35-25(22)26(32)29-24)19-8-10-21(34-2)11-9-19/h4-11,16H,3,12-15,17H2,1-2H3,(H,28,29,32). The lowest BCUT2D eigenvalue weighted by Crippen LogP contribution is -2.48. The van der Waals surface area contributed by atoms with Crippen molar-refractivity contribution in [2.75, 3.05) is 33.3 Å². The molecular weight excluding hydrogens is 460 g/mol. The van der Waals surface area contributed by atoms with Gasteiger partial charge in [-0.2, -0.15) is 0 Å². The molecule has 1 saturated heterocycles. The molecule has 2 aromatic heterocycles. The quantitative estimate of drug-likeness (QED) is 0.441.